The molecule has 0 aromatic rings. The van der Waals surface area contributed by atoms with Crippen molar-refractivity contribution in [2.45, 2.75) is 32.4 Å². The van der Waals surface area contributed by atoms with Crippen molar-refractivity contribution in [1.29, 1.82) is 0 Å². The van der Waals surface area contributed by atoms with E-state index in [4.69, 9.17) is 20.4 Å². The zero-order chi connectivity index (χ0) is 12.8. The Hall–Kier alpha value is -1.50. The summed E-state index contributed by atoms with van der Waals surface area (Å²) in [6, 6.07) is -0.718. The van der Waals surface area contributed by atoms with Crippen LogP contribution in [0.3, 0.4) is 0 Å². The highest BCUT2D eigenvalue weighted by Gasteiger charge is 2.21. The van der Waals surface area contributed by atoms with Gasteiger partial charge in [-0.2, -0.15) is 0 Å². The number of hydrogen-bond acceptors (Lipinski definition) is 5. The summed E-state index contributed by atoms with van der Waals surface area (Å²) in [7, 11) is 1.44. The molecule has 0 fully saturated rings. The Morgan fingerprint density at radius 2 is 2.12 bits per heavy atom. The van der Waals surface area contributed by atoms with E-state index in [1.165, 1.54) is 7.11 Å². The number of methoxy groups -OCH3 is 1. The minimum absolute atomic E-state index is 0.0924. The van der Waals surface area contributed by atoms with E-state index >= 15 is 0 Å². The summed E-state index contributed by atoms with van der Waals surface area (Å²) in [4.78, 5) is 11.4. The Morgan fingerprint density at radius 3 is 2.50 bits per heavy atom. The van der Waals surface area contributed by atoms with Gasteiger partial charge in [0.15, 0.2) is 5.84 Å². The lowest BCUT2D eigenvalue weighted by Crippen LogP contribution is -2.48. The van der Waals surface area contributed by atoms with Gasteiger partial charge < -0.3 is 25.7 Å². The highest BCUT2D eigenvalue weighted by molar-refractivity contribution is 5.88. The predicted octanol–water partition coefficient (Wildman–Crippen LogP) is 0.273. The van der Waals surface area contributed by atoms with Gasteiger partial charge in [0.05, 0.1) is 6.61 Å². The van der Waals surface area contributed by atoms with Crippen LogP contribution in [-0.4, -0.2) is 42.5 Å². The van der Waals surface area contributed by atoms with Crippen LogP contribution in [0.15, 0.2) is 5.16 Å². The highest BCUT2D eigenvalue weighted by atomic mass is 16.6. The first kappa shape index (κ1) is 14.5. The Balaban J connectivity index is 4.35. The fraction of sp³-hybridized carbons (Fsp3) is 0.778. The first-order valence-corrected chi connectivity index (χ1v) is 4.76. The molecule has 4 N–H and O–H groups in total. The molecule has 1 amide bonds. The monoisotopic (exact) mass is 233 g/mol. The average molecular weight is 233 g/mol. The lowest BCUT2D eigenvalue weighted by molar-refractivity contribution is 0.0493. The minimum Gasteiger partial charge on any atom is -0.444 e. The lowest BCUT2D eigenvalue weighted by atomic mass is 10.2. The van der Waals surface area contributed by atoms with E-state index in [1.807, 2.05) is 0 Å². The lowest BCUT2D eigenvalue weighted by Gasteiger charge is -2.22. The smallest absolute Gasteiger partial charge is 0.408 e. The zero-order valence-electron chi connectivity index (χ0n) is 9.98. The normalized spacial score (nSPS) is 14.4. The van der Waals surface area contributed by atoms with Crippen molar-refractivity contribution in [3.05, 3.63) is 0 Å². The van der Waals surface area contributed by atoms with Crippen LogP contribution in [0.2, 0.25) is 0 Å². The molecule has 0 rings (SSSR count). The number of oxime groups is 1. The average Bonchev–Trinajstić information content (AvgIpc) is 2.13. The maximum absolute atomic E-state index is 11.4. The Morgan fingerprint density at radius 1 is 1.56 bits per heavy atom. The fourth-order valence-electron chi connectivity index (χ4n) is 0.887. The number of nitrogens with zero attached hydrogens (tertiary/aromatic N) is 1. The molecule has 0 spiro atoms. The number of nitrogens with two attached hydrogens (primary N) is 1. The largest absolute Gasteiger partial charge is 0.444 e. The number of nitrogens with one attached hydrogen (secondary N) is 1. The van der Waals surface area contributed by atoms with Gasteiger partial charge in [0.1, 0.15) is 11.6 Å². The van der Waals surface area contributed by atoms with E-state index in [-0.39, 0.29) is 12.4 Å². The van der Waals surface area contributed by atoms with Gasteiger partial charge in [-0.15, -0.1) is 0 Å². The highest BCUT2D eigenvalue weighted by Crippen LogP contribution is 2.06. The van der Waals surface area contributed by atoms with Crippen molar-refractivity contribution < 1.29 is 19.5 Å². The van der Waals surface area contributed by atoms with E-state index in [9.17, 15) is 4.79 Å². The third-order valence-electron chi connectivity index (χ3n) is 1.50. The van der Waals surface area contributed by atoms with Crippen LogP contribution in [0.25, 0.3) is 0 Å². The first-order valence-electron chi connectivity index (χ1n) is 4.76. The summed E-state index contributed by atoms with van der Waals surface area (Å²) in [6.45, 7) is 5.30. The standard InChI is InChI=1S/C9H19N3O4/c1-9(2,3)16-8(13)11-6(5-15-4)7(10)12-14/h6,14H,5H2,1-4H3,(H2,10,12)(H,11,13). The van der Waals surface area contributed by atoms with Gasteiger partial charge in [0, 0.05) is 7.11 Å². The van der Waals surface area contributed by atoms with E-state index in [1.54, 1.807) is 20.8 Å². The number of hydrogen-bond donors (Lipinski definition) is 3. The van der Waals surface area contributed by atoms with Crippen LogP contribution in [0.5, 0.6) is 0 Å². The van der Waals surface area contributed by atoms with Crippen LogP contribution in [0, 0.1) is 0 Å². The number of carbonyl (C=O) groups is 1. The molecule has 7 heteroatoms. The van der Waals surface area contributed by atoms with Crippen LogP contribution in [0.4, 0.5) is 4.79 Å². The van der Waals surface area contributed by atoms with Crippen molar-refractivity contribution in [1.82, 2.24) is 5.32 Å². The molecule has 0 heterocycles. The van der Waals surface area contributed by atoms with Crippen molar-refractivity contribution >= 4 is 11.9 Å². The molecule has 0 aliphatic rings. The van der Waals surface area contributed by atoms with E-state index in [0.29, 0.717) is 0 Å². The van der Waals surface area contributed by atoms with Gasteiger partial charge in [0.2, 0.25) is 0 Å². The molecule has 0 aromatic heterocycles. The van der Waals surface area contributed by atoms with Crippen LogP contribution >= 0.6 is 0 Å². The maximum atomic E-state index is 11.4. The molecule has 1 atom stereocenters. The van der Waals surface area contributed by atoms with Gasteiger partial charge in [-0.25, -0.2) is 4.79 Å². The molecule has 0 aliphatic carbocycles. The minimum atomic E-state index is -0.718. The van der Waals surface area contributed by atoms with Crippen molar-refractivity contribution in [3.8, 4) is 0 Å². The molecule has 7 nitrogen and oxygen atoms in total. The van der Waals surface area contributed by atoms with Gasteiger partial charge in [-0.1, -0.05) is 5.16 Å². The number of amides is 1. The predicted molar refractivity (Wildman–Crippen MR) is 58.4 cm³/mol. The number of amidine groups is 1. The van der Waals surface area contributed by atoms with E-state index < -0.39 is 17.7 Å². The quantitative estimate of drug-likeness (QED) is 0.280. The molecule has 1 unspecified atom stereocenters. The Bertz CT molecular complexity index is 260. The zero-order valence-corrected chi connectivity index (χ0v) is 9.98. The molecule has 0 radical (unpaired) electrons. The molecule has 0 aliphatic heterocycles. The summed E-state index contributed by atoms with van der Waals surface area (Å²) in [5.41, 5.74) is 4.76. The second-order valence-corrected chi connectivity index (χ2v) is 4.18. The van der Waals surface area contributed by atoms with E-state index in [0.717, 1.165) is 0 Å². The van der Waals surface area contributed by atoms with Gasteiger partial charge >= 0.3 is 6.09 Å². The molecule has 0 bridgehead atoms. The Kier molecular flexibility index (Phi) is 5.59. The number of ether oxygens (including phenoxy) is 2. The first-order chi connectivity index (χ1) is 7.30. The topological polar surface area (TPSA) is 106 Å². The number of carbonyl (C=O) groups excluding carboxylic acids is 1. The summed E-state index contributed by atoms with van der Waals surface area (Å²) in [6.07, 6.45) is -0.652. The summed E-state index contributed by atoms with van der Waals surface area (Å²) < 4.78 is 9.83. The Labute approximate surface area is 94.6 Å². The molecular weight excluding hydrogens is 214 g/mol. The van der Waals surface area contributed by atoms with Crippen molar-refractivity contribution in [2.24, 2.45) is 10.9 Å². The third-order valence-corrected chi connectivity index (χ3v) is 1.50. The van der Waals surface area contributed by atoms with Crippen LogP contribution < -0.4 is 11.1 Å². The molecular formula is C9H19N3O4. The number of rotatable bonds is 4. The third kappa shape index (κ3) is 6.07. The second-order valence-electron chi connectivity index (χ2n) is 4.18. The van der Waals surface area contributed by atoms with Gasteiger partial charge in [0.25, 0.3) is 0 Å². The fourth-order valence-corrected chi connectivity index (χ4v) is 0.887. The van der Waals surface area contributed by atoms with Gasteiger partial charge in [-0.3, -0.25) is 0 Å². The van der Waals surface area contributed by atoms with E-state index in [2.05, 4.69) is 10.5 Å². The SMILES string of the molecule is COCC(NC(=O)OC(C)(C)C)/C(N)=N/O. The molecule has 94 valence electrons. The van der Waals surface area contributed by atoms with Crippen molar-refractivity contribution in [2.75, 3.05) is 13.7 Å². The summed E-state index contributed by atoms with van der Waals surface area (Å²) in [5, 5.41) is 13.7. The molecule has 16 heavy (non-hydrogen) atoms. The van der Waals surface area contributed by atoms with Crippen LogP contribution in [-0.2, 0) is 9.47 Å². The van der Waals surface area contributed by atoms with Crippen LogP contribution in [0.1, 0.15) is 20.8 Å². The second kappa shape index (κ2) is 6.16. The van der Waals surface area contributed by atoms with Crippen molar-refractivity contribution in [3.63, 3.8) is 0 Å². The maximum Gasteiger partial charge on any atom is 0.408 e. The number of alkyl carbamates (subject to hydrolysis) is 1. The molecule has 0 saturated carbocycles. The molecule has 0 aromatic carbocycles. The summed E-state index contributed by atoms with van der Waals surface area (Å²) >= 11 is 0. The van der Waals surface area contributed by atoms with Gasteiger partial charge in [-0.05, 0) is 20.8 Å². The molecule has 0 saturated heterocycles. The summed E-state index contributed by atoms with van der Waals surface area (Å²) in [5.74, 6) is -0.146.